The lowest BCUT2D eigenvalue weighted by Crippen LogP contribution is -2.45. The number of aryl methyl sites for hydroxylation is 2. The molecule has 1 fully saturated rings. The summed E-state index contributed by atoms with van der Waals surface area (Å²) in [5.74, 6) is -0.184. The second-order valence-electron chi connectivity index (χ2n) is 13.9. The molecule has 0 unspecified atom stereocenters. The Morgan fingerprint density at radius 2 is 1.85 bits per heavy atom. The minimum atomic E-state index is -1.26. The van der Waals surface area contributed by atoms with Gasteiger partial charge >= 0.3 is 5.97 Å². The van der Waals surface area contributed by atoms with Gasteiger partial charge in [-0.15, -0.1) is 0 Å². The maximum absolute atomic E-state index is 15.0. The highest BCUT2D eigenvalue weighted by atomic mass is 19.1. The van der Waals surface area contributed by atoms with Crippen LogP contribution in [0.15, 0.2) is 54.6 Å². The smallest absolute Gasteiger partial charge is 0.337 e. The summed E-state index contributed by atoms with van der Waals surface area (Å²) >= 11 is 0. The fraction of sp³-hybridized carbons (Fsp3) is 0.432. The van der Waals surface area contributed by atoms with E-state index in [4.69, 9.17) is 24.3 Å². The van der Waals surface area contributed by atoms with Gasteiger partial charge in [-0.1, -0.05) is 24.3 Å². The molecule has 10 heteroatoms. The number of anilines is 1. The number of aliphatic carboxylic acids is 1. The average molecular weight is 643 g/mol. The van der Waals surface area contributed by atoms with E-state index in [1.54, 1.807) is 17.5 Å². The molecule has 3 aliphatic heterocycles. The Hall–Kier alpha value is -4.28. The number of benzene rings is 2. The van der Waals surface area contributed by atoms with Crippen molar-refractivity contribution in [1.82, 2.24) is 14.6 Å². The highest BCUT2D eigenvalue weighted by Gasteiger charge is 2.37. The molecule has 2 aromatic heterocycles. The lowest BCUT2D eigenvalue weighted by molar-refractivity contribution is -0.160. The Morgan fingerprint density at radius 3 is 2.55 bits per heavy atom. The van der Waals surface area contributed by atoms with Gasteiger partial charge in [-0.3, -0.25) is 0 Å². The first kappa shape index (κ1) is 32.7. The van der Waals surface area contributed by atoms with Crippen LogP contribution in [0.5, 0.6) is 5.75 Å². The Bertz CT molecular complexity index is 1850. The van der Waals surface area contributed by atoms with Crippen molar-refractivity contribution in [2.24, 2.45) is 0 Å². The van der Waals surface area contributed by atoms with Gasteiger partial charge in [-0.2, -0.15) is 9.61 Å². The first-order chi connectivity index (χ1) is 22.2. The molecule has 1 N–H and O–H groups in total. The molecule has 6 bridgehead atoms. The first-order valence-electron chi connectivity index (χ1n) is 16.2. The Morgan fingerprint density at radius 1 is 1.13 bits per heavy atom. The largest absolute Gasteiger partial charge is 0.486 e. The number of nitrogens with zero attached hydrogens (tertiary/aromatic N) is 4. The van der Waals surface area contributed by atoms with E-state index in [2.05, 4.69) is 11.8 Å². The number of carboxylic acids is 1. The van der Waals surface area contributed by atoms with Crippen LogP contribution in [-0.2, 0) is 14.3 Å². The van der Waals surface area contributed by atoms with Crippen molar-refractivity contribution in [2.75, 3.05) is 24.6 Å². The normalized spacial score (nSPS) is 21.4. The lowest BCUT2D eigenvalue weighted by Gasteiger charge is -2.41. The number of hydrogen-bond acceptors (Lipinski definition) is 7. The summed E-state index contributed by atoms with van der Waals surface area (Å²) in [7, 11) is 0. The molecule has 47 heavy (non-hydrogen) atoms. The molecule has 0 spiro atoms. The van der Waals surface area contributed by atoms with Gasteiger partial charge in [-0.25, -0.2) is 14.2 Å². The molecule has 2 aromatic carbocycles. The highest BCUT2D eigenvalue weighted by Crippen LogP contribution is 2.39. The quantitative estimate of drug-likeness (QED) is 0.230. The number of carbonyl (C=O) groups is 1. The summed E-state index contributed by atoms with van der Waals surface area (Å²) < 4.78 is 35.6. The third kappa shape index (κ3) is 6.75. The molecule has 0 radical (unpaired) electrons. The van der Waals surface area contributed by atoms with Crippen molar-refractivity contribution in [3.05, 3.63) is 77.3 Å². The van der Waals surface area contributed by atoms with E-state index in [-0.39, 0.29) is 17.5 Å². The zero-order valence-electron chi connectivity index (χ0n) is 28.1. The minimum absolute atomic E-state index is 0.275. The van der Waals surface area contributed by atoms with Crippen LogP contribution in [0, 0.1) is 19.7 Å². The molecule has 3 aliphatic rings. The van der Waals surface area contributed by atoms with Crippen molar-refractivity contribution < 1.29 is 28.5 Å². The number of piperidine rings is 1. The lowest BCUT2D eigenvalue weighted by atomic mass is 9.92. The van der Waals surface area contributed by atoms with E-state index in [0.717, 1.165) is 24.0 Å². The number of ether oxygens (including phenoxy) is 3. The zero-order chi connectivity index (χ0) is 33.7. The molecule has 1 saturated heterocycles. The summed E-state index contributed by atoms with van der Waals surface area (Å²) in [6.07, 6.45) is 3.84. The molecule has 0 amide bonds. The maximum atomic E-state index is 15.0. The predicted molar refractivity (Wildman–Crippen MR) is 180 cm³/mol. The third-order valence-electron chi connectivity index (χ3n) is 8.86. The van der Waals surface area contributed by atoms with Gasteiger partial charge < -0.3 is 24.2 Å². The second-order valence-corrected chi connectivity index (χ2v) is 13.9. The van der Waals surface area contributed by atoms with Gasteiger partial charge in [-0.05, 0) is 96.7 Å². The molecule has 2 atom stereocenters. The molecular formula is C37H43FN4O5. The fourth-order valence-corrected chi connectivity index (χ4v) is 6.35. The number of halogens is 1. The molecule has 7 rings (SSSR count). The van der Waals surface area contributed by atoms with E-state index in [1.165, 1.54) is 6.07 Å². The standard InChI is InChI=1S/C37H43FN4O5/c1-22-18-30-27(20-28(22)38)25-11-8-12-26(19-25)29-21-31-39-24(3)32(33(35(43)44)47-36(4,5)6)34(42(31)40-29)41-15-13-37(7,14-16-41)45-17-9-10-23(2)46-30/h8-12,18-21,23,33H,13-17H2,1-7H3,(H,43,44)/b10-9-/t23-,33-/m0/s1. The van der Waals surface area contributed by atoms with E-state index in [9.17, 15) is 14.3 Å². The van der Waals surface area contributed by atoms with E-state index < -0.39 is 17.7 Å². The van der Waals surface area contributed by atoms with Crippen LogP contribution in [-0.4, -0.2) is 62.7 Å². The van der Waals surface area contributed by atoms with Crippen molar-refractivity contribution in [2.45, 2.75) is 84.7 Å². The first-order valence-corrected chi connectivity index (χ1v) is 16.2. The number of carboxylic acid groups (broad SMARTS) is 1. The molecule has 248 valence electrons. The van der Waals surface area contributed by atoms with Crippen molar-refractivity contribution >= 4 is 17.4 Å². The van der Waals surface area contributed by atoms with Gasteiger partial charge in [0.25, 0.3) is 0 Å². The van der Waals surface area contributed by atoms with Crippen LogP contribution in [0.25, 0.3) is 28.0 Å². The van der Waals surface area contributed by atoms with Gasteiger partial charge in [0, 0.05) is 36.0 Å². The summed E-state index contributed by atoms with van der Waals surface area (Å²) in [4.78, 5) is 19.8. The van der Waals surface area contributed by atoms with E-state index >= 15 is 0 Å². The van der Waals surface area contributed by atoms with Crippen molar-refractivity contribution in [3.63, 3.8) is 0 Å². The van der Waals surface area contributed by atoms with Gasteiger partial charge in [0.05, 0.1) is 29.1 Å². The molecule has 9 nitrogen and oxygen atoms in total. The van der Waals surface area contributed by atoms with Crippen LogP contribution >= 0.6 is 0 Å². The fourth-order valence-electron chi connectivity index (χ4n) is 6.35. The van der Waals surface area contributed by atoms with Gasteiger partial charge in [0.1, 0.15) is 23.5 Å². The summed E-state index contributed by atoms with van der Waals surface area (Å²) in [6, 6.07) is 12.9. The molecular weight excluding hydrogens is 599 g/mol. The molecule has 0 aliphatic carbocycles. The maximum Gasteiger partial charge on any atom is 0.337 e. The van der Waals surface area contributed by atoms with Gasteiger partial charge in [0.2, 0.25) is 0 Å². The molecule has 0 saturated carbocycles. The number of rotatable bonds is 3. The van der Waals surface area contributed by atoms with Crippen LogP contribution < -0.4 is 9.64 Å². The number of hydrogen-bond donors (Lipinski definition) is 1. The van der Waals surface area contributed by atoms with Crippen LogP contribution in [0.4, 0.5) is 10.2 Å². The Labute approximate surface area is 275 Å². The van der Waals surface area contributed by atoms with E-state index in [1.807, 2.05) is 77.1 Å². The number of fused-ring (bicyclic) bond motifs is 6. The minimum Gasteiger partial charge on any atom is -0.486 e. The molecule has 4 aromatic rings. The summed E-state index contributed by atoms with van der Waals surface area (Å²) in [6.45, 7) is 14.8. The monoisotopic (exact) mass is 642 g/mol. The summed E-state index contributed by atoms with van der Waals surface area (Å²) in [5.41, 5.74) is 3.88. The van der Waals surface area contributed by atoms with Crippen LogP contribution in [0.3, 0.4) is 0 Å². The topological polar surface area (TPSA) is 98.4 Å². The summed E-state index contributed by atoms with van der Waals surface area (Å²) in [5, 5.41) is 15.5. The van der Waals surface area contributed by atoms with Crippen LogP contribution in [0.1, 0.15) is 70.4 Å². The molecule has 5 heterocycles. The zero-order valence-corrected chi connectivity index (χ0v) is 28.1. The van der Waals surface area contributed by atoms with Crippen molar-refractivity contribution in [3.8, 4) is 28.1 Å². The highest BCUT2D eigenvalue weighted by molar-refractivity contribution is 5.80. The number of aromatic nitrogens is 3. The van der Waals surface area contributed by atoms with Crippen LogP contribution in [0.2, 0.25) is 0 Å². The van der Waals surface area contributed by atoms with Crippen molar-refractivity contribution in [1.29, 1.82) is 0 Å². The average Bonchev–Trinajstić information content (AvgIpc) is 3.43. The second kappa shape index (κ2) is 12.4. The Balaban J connectivity index is 1.57. The Kier molecular flexibility index (Phi) is 8.61. The predicted octanol–water partition coefficient (Wildman–Crippen LogP) is 7.47. The van der Waals surface area contributed by atoms with Gasteiger partial charge in [0.15, 0.2) is 11.8 Å². The SMILES string of the molecule is Cc1cc2c(cc1F)-c1cccc(c1)-c1cc3nc(C)c([C@H](OC(C)(C)C)C(=O)O)c(n3n1)N1CCC(C)(CC1)OC/C=C\[C@H](C)O2. The third-order valence-corrected chi connectivity index (χ3v) is 8.86. The van der Waals surface area contributed by atoms with E-state index in [0.29, 0.717) is 65.0 Å².